The second kappa shape index (κ2) is 9.01. The Labute approximate surface area is 107 Å². The number of carbonyl (C=O) groups excluding carboxylic acids is 2. The molecule has 0 aromatic heterocycles. The summed E-state index contributed by atoms with van der Waals surface area (Å²) < 4.78 is 0. The van der Waals surface area contributed by atoms with Crippen molar-refractivity contribution in [1.82, 2.24) is 0 Å². The molecule has 2 atom stereocenters. The molecule has 0 aromatic carbocycles. The zero-order chi connectivity index (χ0) is 13.3. The van der Waals surface area contributed by atoms with Crippen molar-refractivity contribution in [2.75, 3.05) is 0 Å². The lowest BCUT2D eigenvalue weighted by atomic mass is 10.1. The number of allylic oxidation sites excluding steroid dienone is 4. The molecule has 0 saturated carbocycles. The Balaban J connectivity index is 3.94. The van der Waals surface area contributed by atoms with Crippen LogP contribution in [0, 0.1) is 0 Å². The topological polar surface area (TPSA) is 80.4 Å². The summed E-state index contributed by atoms with van der Waals surface area (Å²) >= 11 is 3.78. The van der Waals surface area contributed by atoms with Crippen LogP contribution in [0.1, 0.15) is 26.2 Å². The molecule has 0 aromatic rings. The highest BCUT2D eigenvalue weighted by Gasteiger charge is 2.26. The largest absolute Gasteiger partial charge is 0.384 e. The molecule has 0 saturated heterocycles. The number of aliphatic hydroxyl groups is 1. The maximum atomic E-state index is 11.4. The van der Waals surface area contributed by atoms with E-state index in [4.69, 9.17) is 5.73 Å². The van der Waals surface area contributed by atoms with Crippen molar-refractivity contribution in [1.29, 1.82) is 0 Å². The summed E-state index contributed by atoms with van der Waals surface area (Å²) in [6.45, 7) is 1.93. The zero-order valence-electron chi connectivity index (χ0n) is 9.87. The van der Waals surface area contributed by atoms with Gasteiger partial charge < -0.3 is 10.8 Å². The number of Topliss-reactive ketones (excluding diaryl/α,β-unsaturated/α-hetero) is 1. The van der Waals surface area contributed by atoms with Crippen LogP contribution in [0.5, 0.6) is 0 Å². The minimum absolute atomic E-state index is 0.178. The van der Waals surface area contributed by atoms with Crippen molar-refractivity contribution in [2.24, 2.45) is 5.73 Å². The average Bonchev–Trinajstić information content (AvgIpc) is 2.31. The third-order valence-electron chi connectivity index (χ3n) is 2.15. The van der Waals surface area contributed by atoms with Gasteiger partial charge in [-0.25, -0.2) is 0 Å². The van der Waals surface area contributed by atoms with Crippen molar-refractivity contribution in [3.05, 3.63) is 24.3 Å². The first-order valence-electron chi connectivity index (χ1n) is 5.45. The molecule has 3 N–H and O–H groups in total. The molecule has 0 radical (unpaired) electrons. The van der Waals surface area contributed by atoms with E-state index in [2.05, 4.69) is 12.6 Å². The van der Waals surface area contributed by atoms with Gasteiger partial charge in [-0.1, -0.05) is 24.3 Å². The van der Waals surface area contributed by atoms with Gasteiger partial charge in [-0.15, -0.1) is 0 Å². The molecule has 0 spiro atoms. The van der Waals surface area contributed by atoms with E-state index in [1.165, 1.54) is 0 Å². The molecule has 0 aliphatic carbocycles. The van der Waals surface area contributed by atoms with Crippen molar-refractivity contribution in [3.63, 3.8) is 0 Å². The number of ketones is 1. The van der Waals surface area contributed by atoms with Crippen LogP contribution in [0.4, 0.5) is 0 Å². The minimum Gasteiger partial charge on any atom is -0.384 e. The molecule has 0 bridgehead atoms. The fourth-order valence-corrected chi connectivity index (χ4v) is 1.30. The lowest BCUT2D eigenvalue weighted by Crippen LogP contribution is -2.39. The molecule has 17 heavy (non-hydrogen) atoms. The van der Waals surface area contributed by atoms with E-state index in [9.17, 15) is 14.7 Å². The first-order chi connectivity index (χ1) is 8.00. The van der Waals surface area contributed by atoms with Crippen LogP contribution in [0.15, 0.2) is 24.3 Å². The van der Waals surface area contributed by atoms with Gasteiger partial charge in [-0.05, 0) is 19.8 Å². The average molecular weight is 257 g/mol. The van der Waals surface area contributed by atoms with Crippen LogP contribution in [0.3, 0.4) is 0 Å². The van der Waals surface area contributed by atoms with Crippen molar-refractivity contribution >= 4 is 24.3 Å². The molecule has 0 aliphatic rings. The molecule has 0 heterocycles. The second-order valence-electron chi connectivity index (χ2n) is 3.57. The molecule has 1 amide bonds. The van der Waals surface area contributed by atoms with Gasteiger partial charge in [0, 0.05) is 6.42 Å². The Bertz CT molecular complexity index is 313. The summed E-state index contributed by atoms with van der Waals surface area (Å²) in [6, 6.07) is 0. The summed E-state index contributed by atoms with van der Waals surface area (Å²) in [5, 5.41) is 8.31. The molecule has 5 heteroatoms. The predicted molar refractivity (Wildman–Crippen MR) is 70.8 cm³/mol. The Morgan fingerprint density at radius 3 is 2.53 bits per heavy atom. The highest BCUT2D eigenvalue weighted by atomic mass is 32.1. The van der Waals surface area contributed by atoms with Gasteiger partial charge in [-0.3, -0.25) is 9.59 Å². The minimum atomic E-state index is -1.42. The summed E-state index contributed by atoms with van der Waals surface area (Å²) in [6.07, 6.45) is 7.85. The monoisotopic (exact) mass is 257 g/mol. The smallest absolute Gasteiger partial charge is 0.233 e. The van der Waals surface area contributed by atoms with E-state index in [0.717, 1.165) is 6.42 Å². The Morgan fingerprint density at radius 1 is 1.35 bits per heavy atom. The van der Waals surface area contributed by atoms with E-state index in [1.54, 1.807) is 0 Å². The number of hydrogen-bond acceptors (Lipinski definition) is 4. The standard InChI is InChI=1S/C12H19NO3S/c1-2-3-4-5-6-7-8-9(14)10(15)11(17)12(13)16/h2-3,5-6,10-11,15,17H,4,7-8H2,1H3,(H2,13,16)/b3-2+,6-5+/t10-,11+/m1/s1. The maximum Gasteiger partial charge on any atom is 0.233 e. The van der Waals surface area contributed by atoms with Crippen LogP contribution in [0.25, 0.3) is 0 Å². The summed E-state index contributed by atoms with van der Waals surface area (Å²) in [7, 11) is 0. The molecule has 0 fully saturated rings. The fraction of sp³-hybridized carbons (Fsp3) is 0.500. The maximum absolute atomic E-state index is 11.4. The second-order valence-corrected chi connectivity index (χ2v) is 4.13. The lowest BCUT2D eigenvalue weighted by molar-refractivity contribution is -0.131. The quantitative estimate of drug-likeness (QED) is 0.448. The van der Waals surface area contributed by atoms with Gasteiger partial charge in [0.05, 0.1) is 0 Å². The van der Waals surface area contributed by atoms with Gasteiger partial charge in [0.25, 0.3) is 0 Å². The molecule has 96 valence electrons. The van der Waals surface area contributed by atoms with Crippen LogP contribution in [-0.2, 0) is 9.59 Å². The lowest BCUT2D eigenvalue weighted by Gasteiger charge is -2.12. The van der Waals surface area contributed by atoms with Crippen LogP contribution in [0.2, 0.25) is 0 Å². The zero-order valence-corrected chi connectivity index (χ0v) is 10.8. The van der Waals surface area contributed by atoms with E-state index >= 15 is 0 Å². The van der Waals surface area contributed by atoms with Crippen LogP contribution in [-0.4, -0.2) is 28.2 Å². The van der Waals surface area contributed by atoms with Crippen molar-refractivity contribution < 1.29 is 14.7 Å². The first kappa shape index (κ1) is 15.9. The van der Waals surface area contributed by atoms with Crippen LogP contribution < -0.4 is 5.73 Å². The normalized spacial score (nSPS) is 15.2. The number of hydrogen-bond donors (Lipinski definition) is 3. The van der Waals surface area contributed by atoms with Gasteiger partial charge in [0.1, 0.15) is 11.4 Å². The Hall–Kier alpha value is -1.07. The number of thiol groups is 1. The molecule has 0 unspecified atom stereocenters. The van der Waals surface area contributed by atoms with Gasteiger partial charge in [0.15, 0.2) is 5.78 Å². The van der Waals surface area contributed by atoms with Crippen LogP contribution >= 0.6 is 12.6 Å². The molecule has 0 aliphatic heterocycles. The number of aliphatic hydroxyl groups excluding tert-OH is 1. The van der Waals surface area contributed by atoms with E-state index in [-0.39, 0.29) is 6.42 Å². The molecule has 0 rings (SSSR count). The van der Waals surface area contributed by atoms with Crippen molar-refractivity contribution in [3.8, 4) is 0 Å². The summed E-state index contributed by atoms with van der Waals surface area (Å²) in [4.78, 5) is 22.1. The van der Waals surface area contributed by atoms with Gasteiger partial charge in [0.2, 0.25) is 5.91 Å². The highest BCUT2D eigenvalue weighted by molar-refractivity contribution is 7.81. The van der Waals surface area contributed by atoms with E-state index in [0.29, 0.717) is 6.42 Å². The summed E-state index contributed by atoms with van der Waals surface area (Å²) in [5.41, 5.74) is 4.94. The number of primary amides is 1. The number of nitrogens with two attached hydrogens (primary N) is 1. The van der Waals surface area contributed by atoms with Crippen molar-refractivity contribution in [2.45, 2.75) is 37.5 Å². The third-order valence-corrected chi connectivity index (χ3v) is 2.69. The SMILES string of the molecule is C/C=C/C/C=C/CCC(=O)[C@@H](O)[C@H](S)C(N)=O. The third kappa shape index (κ3) is 6.97. The summed E-state index contributed by atoms with van der Waals surface area (Å²) in [5.74, 6) is -1.21. The number of rotatable bonds is 8. The van der Waals surface area contributed by atoms with E-state index in [1.807, 2.05) is 31.2 Å². The first-order valence-corrected chi connectivity index (χ1v) is 5.96. The van der Waals surface area contributed by atoms with E-state index < -0.39 is 23.0 Å². The molecule has 4 nitrogen and oxygen atoms in total. The predicted octanol–water partition coefficient (Wildman–Crippen LogP) is 1.00. The Morgan fingerprint density at radius 2 is 2.00 bits per heavy atom. The van der Waals surface area contributed by atoms with Gasteiger partial charge in [-0.2, -0.15) is 12.6 Å². The number of amides is 1. The molecular formula is C12H19NO3S. The Kier molecular flexibility index (Phi) is 8.44. The molecular weight excluding hydrogens is 238 g/mol. The van der Waals surface area contributed by atoms with Gasteiger partial charge >= 0.3 is 0 Å². The highest BCUT2D eigenvalue weighted by Crippen LogP contribution is 2.07. The number of carbonyl (C=O) groups is 2. The fourth-order valence-electron chi connectivity index (χ4n) is 1.13.